The van der Waals surface area contributed by atoms with Crippen LogP contribution in [0.1, 0.15) is 26.4 Å². The van der Waals surface area contributed by atoms with Gasteiger partial charge in [0.05, 0.1) is 17.7 Å². The number of fused-ring (bicyclic) bond motifs is 2. The fourth-order valence-electron chi connectivity index (χ4n) is 3.81. The number of rotatable bonds is 5. The maximum Gasteiger partial charge on any atom is 0.250 e. The fraction of sp³-hybridized carbons (Fsp3) is 0.174. The molecule has 1 aliphatic rings. The second-order valence-corrected chi connectivity index (χ2v) is 8.42. The molecule has 0 saturated heterocycles. The number of anilines is 1. The average Bonchev–Trinajstić information content (AvgIpc) is 3.35. The lowest BCUT2D eigenvalue weighted by atomic mass is 10.1. The standard InChI is InChI=1S/C23H20N4O2S/c1-13-18(15-8-5-9-16(20(24)28)19(15)30-13)22-26-21(17-10-11-29-23(17)27-22)25-12-14-6-3-2-4-7-14/h2-9H,10-12H2,1H3,(H2,24,28)(H,25,26,27). The lowest BCUT2D eigenvalue weighted by Gasteiger charge is -2.12. The molecule has 5 rings (SSSR count). The number of thiophene rings is 1. The third kappa shape index (κ3) is 3.17. The molecule has 0 radical (unpaired) electrons. The molecular formula is C23H20N4O2S. The number of hydrogen-bond acceptors (Lipinski definition) is 6. The van der Waals surface area contributed by atoms with Crippen molar-refractivity contribution < 1.29 is 9.53 Å². The first-order chi connectivity index (χ1) is 14.6. The molecule has 0 atom stereocenters. The SMILES string of the molecule is Cc1sc2c(C(N)=O)cccc2c1-c1nc(NCc2ccccc2)c2c(n1)OCC2. The zero-order valence-corrected chi connectivity index (χ0v) is 17.3. The van der Waals surface area contributed by atoms with Crippen LogP contribution in [0.4, 0.5) is 5.82 Å². The number of nitrogens with zero attached hydrogens (tertiary/aromatic N) is 2. The molecular weight excluding hydrogens is 396 g/mol. The van der Waals surface area contributed by atoms with Crippen LogP contribution in [0.2, 0.25) is 0 Å². The molecule has 3 heterocycles. The Kier molecular flexibility index (Phi) is 4.59. The van der Waals surface area contributed by atoms with Crippen LogP contribution >= 0.6 is 11.3 Å². The number of nitrogens with one attached hydrogen (secondary N) is 1. The molecule has 0 saturated carbocycles. The van der Waals surface area contributed by atoms with Gasteiger partial charge in [-0.05, 0) is 18.6 Å². The van der Waals surface area contributed by atoms with Crippen molar-refractivity contribution in [3.05, 3.63) is 70.1 Å². The topological polar surface area (TPSA) is 90.1 Å². The second-order valence-electron chi connectivity index (χ2n) is 7.20. The van der Waals surface area contributed by atoms with E-state index in [2.05, 4.69) is 17.4 Å². The molecule has 0 spiro atoms. The van der Waals surface area contributed by atoms with Crippen molar-refractivity contribution in [3.63, 3.8) is 0 Å². The number of amides is 1. The van der Waals surface area contributed by atoms with Crippen molar-refractivity contribution in [1.82, 2.24) is 9.97 Å². The first kappa shape index (κ1) is 18.6. The summed E-state index contributed by atoms with van der Waals surface area (Å²) in [4.78, 5) is 22.5. The van der Waals surface area contributed by atoms with Gasteiger partial charge in [-0.25, -0.2) is 4.98 Å². The van der Waals surface area contributed by atoms with Gasteiger partial charge in [-0.1, -0.05) is 42.5 Å². The van der Waals surface area contributed by atoms with Gasteiger partial charge in [-0.3, -0.25) is 4.79 Å². The molecule has 0 fully saturated rings. The third-order valence-corrected chi connectivity index (χ3v) is 6.40. The number of ether oxygens (including phenoxy) is 1. The molecule has 0 unspecified atom stereocenters. The molecule has 0 bridgehead atoms. The van der Waals surface area contributed by atoms with E-state index in [1.54, 1.807) is 6.07 Å². The van der Waals surface area contributed by atoms with Crippen LogP contribution in [0.3, 0.4) is 0 Å². The Hall–Kier alpha value is -3.45. The maximum atomic E-state index is 11.9. The van der Waals surface area contributed by atoms with Crippen molar-refractivity contribution in [3.8, 4) is 17.3 Å². The summed E-state index contributed by atoms with van der Waals surface area (Å²) < 4.78 is 6.64. The molecule has 30 heavy (non-hydrogen) atoms. The molecule has 2 aromatic heterocycles. The van der Waals surface area contributed by atoms with Crippen molar-refractivity contribution in [2.24, 2.45) is 5.73 Å². The summed E-state index contributed by atoms with van der Waals surface area (Å²) in [5.41, 5.74) is 9.19. The van der Waals surface area contributed by atoms with Crippen molar-refractivity contribution >= 4 is 33.1 Å². The molecule has 6 nitrogen and oxygen atoms in total. The average molecular weight is 417 g/mol. The van der Waals surface area contributed by atoms with Gasteiger partial charge in [0.1, 0.15) is 5.82 Å². The predicted octanol–water partition coefficient (Wildman–Crippen LogP) is 4.31. The first-order valence-corrected chi connectivity index (χ1v) is 10.6. The van der Waals surface area contributed by atoms with Crippen LogP contribution in [-0.2, 0) is 13.0 Å². The summed E-state index contributed by atoms with van der Waals surface area (Å²) in [6.45, 7) is 3.28. The zero-order valence-electron chi connectivity index (χ0n) is 16.4. The van der Waals surface area contributed by atoms with Crippen LogP contribution < -0.4 is 15.8 Å². The molecule has 0 aliphatic carbocycles. The largest absolute Gasteiger partial charge is 0.477 e. The maximum absolute atomic E-state index is 11.9. The van der Waals surface area contributed by atoms with E-state index in [1.807, 2.05) is 37.3 Å². The van der Waals surface area contributed by atoms with Crippen molar-refractivity contribution in [1.29, 1.82) is 0 Å². The van der Waals surface area contributed by atoms with Gasteiger partial charge in [0, 0.05) is 33.5 Å². The summed E-state index contributed by atoms with van der Waals surface area (Å²) in [6.07, 6.45) is 0.780. The molecule has 3 N–H and O–H groups in total. The molecule has 150 valence electrons. The van der Waals surface area contributed by atoms with Gasteiger partial charge >= 0.3 is 0 Å². The third-order valence-electron chi connectivity index (χ3n) is 5.24. The van der Waals surface area contributed by atoms with E-state index in [-0.39, 0.29) is 0 Å². The van der Waals surface area contributed by atoms with E-state index in [4.69, 9.17) is 20.4 Å². The smallest absolute Gasteiger partial charge is 0.250 e. The van der Waals surface area contributed by atoms with E-state index >= 15 is 0 Å². The summed E-state index contributed by atoms with van der Waals surface area (Å²) >= 11 is 1.54. The van der Waals surface area contributed by atoms with Crippen LogP contribution in [-0.4, -0.2) is 22.5 Å². The Labute approximate surface area is 177 Å². The Balaban J connectivity index is 1.61. The van der Waals surface area contributed by atoms with E-state index in [0.29, 0.717) is 30.4 Å². The van der Waals surface area contributed by atoms with E-state index in [9.17, 15) is 4.79 Å². The lowest BCUT2D eigenvalue weighted by molar-refractivity contribution is 0.100. The summed E-state index contributed by atoms with van der Waals surface area (Å²) in [7, 11) is 0. The Morgan fingerprint density at radius 3 is 2.80 bits per heavy atom. The van der Waals surface area contributed by atoms with Gasteiger partial charge in [-0.2, -0.15) is 4.98 Å². The van der Waals surface area contributed by atoms with Gasteiger partial charge in [0.25, 0.3) is 0 Å². The van der Waals surface area contributed by atoms with Gasteiger partial charge in [-0.15, -0.1) is 11.3 Å². The van der Waals surface area contributed by atoms with Gasteiger partial charge in [0.2, 0.25) is 11.8 Å². The minimum Gasteiger partial charge on any atom is -0.477 e. The van der Waals surface area contributed by atoms with E-state index < -0.39 is 5.91 Å². The quantitative estimate of drug-likeness (QED) is 0.506. The number of aromatic nitrogens is 2. The normalized spacial score (nSPS) is 12.6. The highest BCUT2D eigenvalue weighted by Gasteiger charge is 2.24. The summed E-state index contributed by atoms with van der Waals surface area (Å²) in [5, 5.41) is 4.39. The van der Waals surface area contributed by atoms with Crippen LogP contribution in [0, 0.1) is 6.92 Å². The Morgan fingerprint density at radius 1 is 1.17 bits per heavy atom. The molecule has 4 aromatic rings. The molecule has 1 amide bonds. The summed E-state index contributed by atoms with van der Waals surface area (Å²) in [6, 6.07) is 15.8. The van der Waals surface area contributed by atoms with Crippen LogP contribution in [0.5, 0.6) is 5.88 Å². The van der Waals surface area contributed by atoms with E-state index in [1.165, 1.54) is 16.9 Å². The lowest BCUT2D eigenvalue weighted by Crippen LogP contribution is -2.10. The second kappa shape index (κ2) is 7.42. The number of carbonyl (C=O) groups excluding carboxylic acids is 1. The first-order valence-electron chi connectivity index (χ1n) is 9.75. The highest BCUT2D eigenvalue weighted by molar-refractivity contribution is 7.20. The van der Waals surface area contributed by atoms with Crippen molar-refractivity contribution in [2.45, 2.75) is 19.9 Å². The Morgan fingerprint density at radius 2 is 2.00 bits per heavy atom. The number of primary amides is 1. The number of nitrogens with two attached hydrogens (primary N) is 1. The number of hydrogen-bond donors (Lipinski definition) is 2. The minimum absolute atomic E-state index is 0.433. The van der Waals surface area contributed by atoms with Crippen molar-refractivity contribution in [2.75, 3.05) is 11.9 Å². The van der Waals surface area contributed by atoms with Crippen LogP contribution in [0.15, 0.2) is 48.5 Å². The number of carbonyl (C=O) groups is 1. The highest BCUT2D eigenvalue weighted by atomic mass is 32.1. The van der Waals surface area contributed by atoms with Gasteiger partial charge < -0.3 is 15.8 Å². The zero-order chi connectivity index (χ0) is 20.7. The van der Waals surface area contributed by atoms with Gasteiger partial charge in [0.15, 0.2) is 5.82 Å². The Bertz CT molecular complexity index is 1270. The number of benzene rings is 2. The molecule has 1 aliphatic heterocycles. The minimum atomic E-state index is -0.433. The predicted molar refractivity (Wildman–Crippen MR) is 119 cm³/mol. The highest BCUT2D eigenvalue weighted by Crippen LogP contribution is 2.40. The fourth-order valence-corrected chi connectivity index (χ4v) is 4.98. The van der Waals surface area contributed by atoms with Crippen LogP contribution in [0.25, 0.3) is 21.5 Å². The number of aryl methyl sites for hydroxylation is 1. The monoisotopic (exact) mass is 416 g/mol. The molecule has 2 aromatic carbocycles. The van der Waals surface area contributed by atoms with E-state index in [0.717, 1.165) is 38.3 Å². The summed E-state index contributed by atoms with van der Waals surface area (Å²) in [5.74, 6) is 1.58. The molecule has 7 heteroatoms.